The Labute approximate surface area is 173 Å². The van der Waals surface area contributed by atoms with Gasteiger partial charge in [0.1, 0.15) is 0 Å². The standard InChI is InChI=1S/C22H26F2O2S2/c1-20-5-6-22(27-7-8-28-22)9-16(20)13(10-23)14(11-24)18-15(20)3-4-21(2)17(18)12-26-19(21)25/h9-11,15,17-18H,3-8,12H2,1-2H3/t15-,17-,18+,20+,21-/m0/s1. The van der Waals surface area contributed by atoms with Crippen LogP contribution in [-0.2, 0) is 9.53 Å². The molecule has 4 fully saturated rings. The number of carbonyl (C=O) groups is 1. The molecule has 0 bridgehead atoms. The number of allylic oxidation sites excluding steroid dienone is 3. The van der Waals surface area contributed by atoms with Crippen LogP contribution in [0.1, 0.15) is 39.5 Å². The summed E-state index contributed by atoms with van der Waals surface area (Å²) in [6, 6.07) is 0. The smallest absolute Gasteiger partial charge is 0.312 e. The molecule has 5 rings (SSSR count). The van der Waals surface area contributed by atoms with E-state index >= 15 is 0 Å². The predicted octanol–water partition coefficient (Wildman–Crippen LogP) is 5.82. The van der Waals surface area contributed by atoms with Gasteiger partial charge in [-0.15, -0.1) is 23.5 Å². The van der Waals surface area contributed by atoms with Crippen LogP contribution < -0.4 is 0 Å². The quantitative estimate of drug-likeness (QED) is 0.458. The van der Waals surface area contributed by atoms with Crippen LogP contribution in [0.15, 0.2) is 35.5 Å². The number of ether oxygens (including phenoxy) is 1. The van der Waals surface area contributed by atoms with Crippen molar-refractivity contribution in [3.63, 3.8) is 0 Å². The van der Waals surface area contributed by atoms with Crippen molar-refractivity contribution in [1.82, 2.24) is 0 Å². The third-order valence-corrected chi connectivity index (χ3v) is 11.7. The lowest BCUT2D eigenvalue weighted by molar-refractivity contribution is -0.147. The van der Waals surface area contributed by atoms with Crippen LogP contribution in [0.2, 0.25) is 0 Å². The molecule has 5 aliphatic rings. The number of hydrogen-bond donors (Lipinski definition) is 0. The second-order valence-corrected chi connectivity index (χ2v) is 12.5. The summed E-state index contributed by atoms with van der Waals surface area (Å²) in [5.41, 5.74) is 1.08. The number of esters is 1. The fraction of sp³-hybridized carbons (Fsp3) is 0.682. The van der Waals surface area contributed by atoms with Crippen molar-refractivity contribution in [2.24, 2.45) is 28.6 Å². The average molecular weight is 425 g/mol. The minimum absolute atomic E-state index is 0.00692. The molecule has 1 spiro atoms. The molecule has 3 aliphatic carbocycles. The van der Waals surface area contributed by atoms with Gasteiger partial charge >= 0.3 is 5.97 Å². The fourth-order valence-corrected chi connectivity index (χ4v) is 9.69. The average Bonchev–Trinajstić information content (AvgIpc) is 3.26. The maximum atomic E-state index is 14.3. The Bertz CT molecular complexity index is 813. The Morgan fingerprint density at radius 2 is 1.82 bits per heavy atom. The van der Waals surface area contributed by atoms with Crippen molar-refractivity contribution in [3.05, 3.63) is 35.5 Å². The molecule has 152 valence electrons. The molecule has 0 aromatic rings. The predicted molar refractivity (Wildman–Crippen MR) is 110 cm³/mol. The maximum Gasteiger partial charge on any atom is 0.312 e. The van der Waals surface area contributed by atoms with Crippen LogP contribution >= 0.6 is 23.5 Å². The molecule has 0 radical (unpaired) electrons. The van der Waals surface area contributed by atoms with Gasteiger partial charge in [0.05, 0.1) is 28.8 Å². The minimum Gasteiger partial charge on any atom is -0.465 e. The third kappa shape index (κ3) is 2.36. The summed E-state index contributed by atoms with van der Waals surface area (Å²) < 4.78 is 34.0. The molecule has 28 heavy (non-hydrogen) atoms. The first-order valence-electron chi connectivity index (χ1n) is 10.2. The van der Waals surface area contributed by atoms with Gasteiger partial charge in [-0.05, 0) is 61.0 Å². The van der Waals surface area contributed by atoms with E-state index in [1.165, 1.54) is 0 Å². The topological polar surface area (TPSA) is 26.3 Å². The fourth-order valence-electron chi connectivity index (χ4n) is 6.60. The SMILES string of the molecule is C[C@]12CCC3(C=C1C(=CF)C(=CF)[C@@H]1[C@@H]2CC[C@]2(C)C(=O)OC[C@@H]12)SCCS3. The van der Waals surface area contributed by atoms with Gasteiger partial charge in [-0.1, -0.05) is 13.0 Å². The molecule has 0 unspecified atom stereocenters. The van der Waals surface area contributed by atoms with E-state index in [1.54, 1.807) is 0 Å². The molecule has 2 aliphatic heterocycles. The highest BCUT2D eigenvalue weighted by atomic mass is 32.2. The van der Waals surface area contributed by atoms with Crippen LogP contribution in [0.3, 0.4) is 0 Å². The van der Waals surface area contributed by atoms with E-state index < -0.39 is 5.41 Å². The van der Waals surface area contributed by atoms with Crippen molar-refractivity contribution in [2.45, 2.75) is 43.6 Å². The first kappa shape index (κ1) is 19.2. The van der Waals surface area contributed by atoms with Crippen molar-refractivity contribution in [2.75, 3.05) is 18.1 Å². The van der Waals surface area contributed by atoms with Gasteiger partial charge in [0.25, 0.3) is 0 Å². The maximum absolute atomic E-state index is 14.3. The zero-order valence-electron chi connectivity index (χ0n) is 16.3. The Hall–Kier alpha value is -0.750. The highest BCUT2D eigenvalue weighted by molar-refractivity contribution is 8.21. The molecule has 0 aromatic carbocycles. The van der Waals surface area contributed by atoms with Gasteiger partial charge < -0.3 is 4.74 Å². The minimum atomic E-state index is -0.582. The van der Waals surface area contributed by atoms with Crippen molar-refractivity contribution in [3.8, 4) is 0 Å². The molecular weight excluding hydrogens is 398 g/mol. The van der Waals surface area contributed by atoms with E-state index in [0.717, 1.165) is 42.8 Å². The molecule has 2 saturated carbocycles. The normalized spacial score (nSPS) is 46.9. The molecular formula is C22H26F2O2S2. The number of cyclic esters (lactones) is 1. The largest absolute Gasteiger partial charge is 0.465 e. The molecule has 5 atom stereocenters. The van der Waals surface area contributed by atoms with E-state index in [1.807, 2.05) is 30.4 Å². The number of fused-ring (bicyclic) bond motifs is 5. The number of rotatable bonds is 0. The van der Waals surface area contributed by atoms with E-state index in [9.17, 15) is 13.6 Å². The Morgan fingerprint density at radius 3 is 2.50 bits per heavy atom. The zero-order valence-corrected chi connectivity index (χ0v) is 17.9. The summed E-state index contributed by atoms with van der Waals surface area (Å²) in [5.74, 6) is 2.01. The second kappa shape index (κ2) is 6.37. The monoisotopic (exact) mass is 424 g/mol. The summed E-state index contributed by atoms with van der Waals surface area (Å²) in [6.07, 6.45) is 7.14. The Morgan fingerprint density at radius 1 is 1.07 bits per heavy atom. The van der Waals surface area contributed by atoms with Gasteiger partial charge in [0.15, 0.2) is 0 Å². The Kier molecular flexibility index (Phi) is 4.38. The molecule has 6 heteroatoms. The van der Waals surface area contributed by atoms with E-state index in [4.69, 9.17) is 4.74 Å². The summed E-state index contributed by atoms with van der Waals surface area (Å²) >= 11 is 3.89. The van der Waals surface area contributed by atoms with Crippen molar-refractivity contribution in [1.29, 1.82) is 0 Å². The number of thioether (sulfide) groups is 2. The molecule has 2 heterocycles. The molecule has 0 N–H and O–H groups in total. The van der Waals surface area contributed by atoms with E-state index in [-0.39, 0.29) is 33.2 Å². The van der Waals surface area contributed by atoms with Crippen LogP contribution in [0.4, 0.5) is 8.78 Å². The first-order valence-corrected chi connectivity index (χ1v) is 12.2. The summed E-state index contributed by atoms with van der Waals surface area (Å²) in [7, 11) is 0. The highest BCUT2D eigenvalue weighted by Gasteiger charge is 2.63. The van der Waals surface area contributed by atoms with E-state index in [2.05, 4.69) is 13.0 Å². The molecule has 2 nitrogen and oxygen atoms in total. The highest BCUT2D eigenvalue weighted by Crippen LogP contribution is 2.68. The lowest BCUT2D eigenvalue weighted by Crippen LogP contribution is -2.53. The second-order valence-electron chi connectivity index (χ2n) is 9.36. The van der Waals surface area contributed by atoms with Gasteiger partial charge in [-0.2, -0.15) is 0 Å². The van der Waals surface area contributed by atoms with Gasteiger partial charge in [0.2, 0.25) is 0 Å². The van der Waals surface area contributed by atoms with Crippen LogP contribution in [0, 0.1) is 28.6 Å². The third-order valence-electron chi connectivity index (χ3n) is 8.27. The lowest BCUT2D eigenvalue weighted by Gasteiger charge is -2.58. The van der Waals surface area contributed by atoms with Crippen LogP contribution in [0.5, 0.6) is 0 Å². The molecule has 2 saturated heterocycles. The number of carbonyl (C=O) groups excluding carboxylic acids is 1. The number of halogens is 2. The van der Waals surface area contributed by atoms with Crippen LogP contribution in [-0.4, -0.2) is 28.2 Å². The van der Waals surface area contributed by atoms with Crippen LogP contribution in [0.25, 0.3) is 0 Å². The van der Waals surface area contributed by atoms with Crippen molar-refractivity contribution < 1.29 is 18.3 Å². The summed E-state index contributed by atoms with van der Waals surface area (Å²) in [6.45, 7) is 4.51. The van der Waals surface area contributed by atoms with Gasteiger partial charge in [0, 0.05) is 23.0 Å². The summed E-state index contributed by atoms with van der Waals surface area (Å²) in [4.78, 5) is 12.4. The summed E-state index contributed by atoms with van der Waals surface area (Å²) in [5, 5.41) is 0. The lowest BCUT2D eigenvalue weighted by atomic mass is 9.45. The van der Waals surface area contributed by atoms with E-state index in [0.29, 0.717) is 30.4 Å². The van der Waals surface area contributed by atoms with Gasteiger partial charge in [-0.3, -0.25) is 4.79 Å². The number of hydrogen-bond acceptors (Lipinski definition) is 4. The first-order chi connectivity index (χ1) is 13.4. The van der Waals surface area contributed by atoms with Gasteiger partial charge in [-0.25, -0.2) is 8.78 Å². The van der Waals surface area contributed by atoms with Crippen molar-refractivity contribution >= 4 is 29.5 Å². The molecule has 0 amide bonds. The molecule has 0 aromatic heterocycles. The zero-order chi connectivity index (χ0) is 19.7. The Balaban J connectivity index is 1.65.